The summed E-state index contributed by atoms with van der Waals surface area (Å²) >= 11 is 0. The molecule has 1 aromatic heterocycles. The first kappa shape index (κ1) is 13.7. The average molecular weight is 255 g/mol. The summed E-state index contributed by atoms with van der Waals surface area (Å²) in [5.74, 6) is 1.40. The molecule has 100 valence electrons. The summed E-state index contributed by atoms with van der Waals surface area (Å²) in [6.45, 7) is 6.33. The van der Waals surface area contributed by atoms with E-state index in [1.807, 2.05) is 13.0 Å². The molecule has 19 heavy (non-hydrogen) atoms. The van der Waals surface area contributed by atoms with Gasteiger partial charge in [0, 0.05) is 6.20 Å². The Labute approximate surface area is 114 Å². The van der Waals surface area contributed by atoms with Crippen molar-refractivity contribution in [3.63, 3.8) is 0 Å². The van der Waals surface area contributed by atoms with Crippen LogP contribution in [0.2, 0.25) is 0 Å². The lowest BCUT2D eigenvalue weighted by molar-refractivity contribution is 0.646. The van der Waals surface area contributed by atoms with Crippen LogP contribution < -0.4 is 5.73 Å². The van der Waals surface area contributed by atoms with Gasteiger partial charge in [-0.1, -0.05) is 38.1 Å². The van der Waals surface area contributed by atoms with Crippen LogP contribution in [0.15, 0.2) is 36.5 Å². The number of nitrogens with two attached hydrogens (primary N) is 1. The number of benzene rings is 1. The highest BCUT2D eigenvalue weighted by Gasteiger charge is 2.11. The molecule has 0 amide bonds. The molecule has 2 rings (SSSR count). The Morgan fingerprint density at radius 1 is 1.21 bits per heavy atom. The van der Waals surface area contributed by atoms with E-state index in [0.717, 1.165) is 23.5 Å². The zero-order valence-electron chi connectivity index (χ0n) is 11.8. The van der Waals surface area contributed by atoms with Crippen LogP contribution in [0.1, 0.15) is 42.5 Å². The van der Waals surface area contributed by atoms with E-state index in [2.05, 4.69) is 48.1 Å². The molecule has 2 N–H and O–H groups in total. The third kappa shape index (κ3) is 3.61. The highest BCUT2D eigenvalue weighted by atomic mass is 14.9. The van der Waals surface area contributed by atoms with E-state index in [0.29, 0.717) is 5.92 Å². The Balaban J connectivity index is 2.26. The van der Waals surface area contributed by atoms with Crippen molar-refractivity contribution in [1.82, 2.24) is 9.97 Å². The van der Waals surface area contributed by atoms with Crippen molar-refractivity contribution in [2.45, 2.75) is 33.2 Å². The Morgan fingerprint density at radius 2 is 2.00 bits per heavy atom. The summed E-state index contributed by atoms with van der Waals surface area (Å²) in [5, 5.41) is 0. The van der Waals surface area contributed by atoms with Gasteiger partial charge in [0.25, 0.3) is 0 Å². The van der Waals surface area contributed by atoms with Crippen molar-refractivity contribution >= 4 is 0 Å². The van der Waals surface area contributed by atoms with Gasteiger partial charge in [0.1, 0.15) is 5.82 Å². The van der Waals surface area contributed by atoms with Crippen LogP contribution >= 0.6 is 0 Å². The summed E-state index contributed by atoms with van der Waals surface area (Å²) in [4.78, 5) is 8.51. The number of hydrogen-bond donors (Lipinski definition) is 1. The normalized spacial score (nSPS) is 12.7. The standard InChI is InChI=1S/C16H21N3/c1-11(2)9-13-5-4-6-14(10-13)16(17)15-7-8-18-12(3)19-15/h4-8,10-11,16H,9,17H2,1-3H3. The number of aryl methyl sites for hydroxylation is 1. The lowest BCUT2D eigenvalue weighted by Gasteiger charge is -2.14. The minimum absolute atomic E-state index is 0.186. The fourth-order valence-electron chi connectivity index (χ4n) is 2.20. The van der Waals surface area contributed by atoms with E-state index in [-0.39, 0.29) is 6.04 Å². The van der Waals surface area contributed by atoms with E-state index in [4.69, 9.17) is 5.73 Å². The molecule has 1 unspecified atom stereocenters. The van der Waals surface area contributed by atoms with Crippen LogP contribution in [-0.2, 0) is 6.42 Å². The van der Waals surface area contributed by atoms with Gasteiger partial charge < -0.3 is 5.73 Å². The van der Waals surface area contributed by atoms with E-state index in [1.54, 1.807) is 6.20 Å². The number of nitrogens with zero attached hydrogens (tertiary/aromatic N) is 2. The van der Waals surface area contributed by atoms with Gasteiger partial charge in [0.2, 0.25) is 0 Å². The van der Waals surface area contributed by atoms with Gasteiger partial charge in [0.05, 0.1) is 11.7 Å². The van der Waals surface area contributed by atoms with Crippen molar-refractivity contribution in [3.05, 3.63) is 59.2 Å². The molecule has 1 aromatic carbocycles. The minimum atomic E-state index is -0.186. The molecule has 0 bridgehead atoms. The molecule has 3 heteroatoms. The summed E-state index contributed by atoms with van der Waals surface area (Å²) in [5.41, 5.74) is 9.60. The molecular weight excluding hydrogens is 234 g/mol. The zero-order chi connectivity index (χ0) is 13.8. The lowest BCUT2D eigenvalue weighted by atomic mass is 9.97. The SMILES string of the molecule is Cc1nccc(C(N)c2cccc(CC(C)C)c2)n1. The molecule has 0 aliphatic heterocycles. The molecular formula is C16H21N3. The van der Waals surface area contributed by atoms with Crippen LogP contribution in [0.3, 0.4) is 0 Å². The number of aromatic nitrogens is 2. The molecule has 1 heterocycles. The van der Waals surface area contributed by atoms with Crippen molar-refractivity contribution in [2.75, 3.05) is 0 Å². The second-order valence-electron chi connectivity index (χ2n) is 5.35. The first-order valence-corrected chi connectivity index (χ1v) is 6.70. The van der Waals surface area contributed by atoms with Crippen molar-refractivity contribution in [3.8, 4) is 0 Å². The van der Waals surface area contributed by atoms with Gasteiger partial charge >= 0.3 is 0 Å². The van der Waals surface area contributed by atoms with Gasteiger partial charge in [-0.2, -0.15) is 0 Å². The molecule has 2 aromatic rings. The molecule has 0 fully saturated rings. The monoisotopic (exact) mass is 255 g/mol. The van der Waals surface area contributed by atoms with Gasteiger partial charge in [-0.25, -0.2) is 9.97 Å². The van der Waals surface area contributed by atoms with E-state index in [9.17, 15) is 0 Å². The summed E-state index contributed by atoms with van der Waals surface area (Å²) in [7, 11) is 0. The molecule has 0 saturated carbocycles. The molecule has 0 saturated heterocycles. The van der Waals surface area contributed by atoms with E-state index < -0.39 is 0 Å². The first-order chi connectivity index (χ1) is 9.06. The topological polar surface area (TPSA) is 51.8 Å². The smallest absolute Gasteiger partial charge is 0.125 e. The minimum Gasteiger partial charge on any atom is -0.319 e. The molecule has 3 nitrogen and oxygen atoms in total. The molecule has 1 atom stereocenters. The second-order valence-corrected chi connectivity index (χ2v) is 5.35. The van der Waals surface area contributed by atoms with E-state index >= 15 is 0 Å². The largest absolute Gasteiger partial charge is 0.319 e. The van der Waals surface area contributed by atoms with E-state index in [1.165, 1.54) is 5.56 Å². The highest BCUT2D eigenvalue weighted by molar-refractivity contribution is 5.31. The van der Waals surface area contributed by atoms with Gasteiger partial charge in [-0.15, -0.1) is 0 Å². The quantitative estimate of drug-likeness (QED) is 0.913. The Bertz CT molecular complexity index is 549. The highest BCUT2D eigenvalue weighted by Crippen LogP contribution is 2.20. The molecule has 0 aliphatic rings. The van der Waals surface area contributed by atoms with Gasteiger partial charge in [0.15, 0.2) is 0 Å². The molecule has 0 aliphatic carbocycles. The summed E-state index contributed by atoms with van der Waals surface area (Å²) < 4.78 is 0. The van der Waals surface area contributed by atoms with Crippen LogP contribution in [0, 0.1) is 12.8 Å². The second kappa shape index (κ2) is 5.93. The van der Waals surface area contributed by atoms with Gasteiger partial charge in [-0.05, 0) is 36.5 Å². The van der Waals surface area contributed by atoms with Crippen LogP contribution in [0.5, 0.6) is 0 Å². The van der Waals surface area contributed by atoms with Crippen molar-refractivity contribution in [2.24, 2.45) is 11.7 Å². The molecule has 0 radical (unpaired) electrons. The third-order valence-corrected chi connectivity index (χ3v) is 3.07. The summed E-state index contributed by atoms with van der Waals surface area (Å²) in [6, 6.07) is 10.2. The van der Waals surface area contributed by atoms with Crippen molar-refractivity contribution in [1.29, 1.82) is 0 Å². The third-order valence-electron chi connectivity index (χ3n) is 3.07. The maximum atomic E-state index is 6.29. The summed E-state index contributed by atoms with van der Waals surface area (Å²) in [6.07, 6.45) is 2.83. The Kier molecular flexibility index (Phi) is 4.27. The number of hydrogen-bond acceptors (Lipinski definition) is 3. The predicted octanol–water partition coefficient (Wildman–Crippen LogP) is 3.03. The first-order valence-electron chi connectivity index (χ1n) is 6.70. The van der Waals surface area contributed by atoms with Crippen LogP contribution in [0.4, 0.5) is 0 Å². The lowest BCUT2D eigenvalue weighted by Crippen LogP contribution is -2.14. The van der Waals surface area contributed by atoms with Crippen molar-refractivity contribution < 1.29 is 0 Å². The average Bonchev–Trinajstić information content (AvgIpc) is 2.37. The maximum absolute atomic E-state index is 6.29. The zero-order valence-corrected chi connectivity index (χ0v) is 11.8. The number of rotatable bonds is 4. The molecule has 0 spiro atoms. The van der Waals surface area contributed by atoms with Gasteiger partial charge in [-0.3, -0.25) is 0 Å². The van der Waals surface area contributed by atoms with Crippen LogP contribution in [-0.4, -0.2) is 9.97 Å². The predicted molar refractivity (Wildman–Crippen MR) is 77.8 cm³/mol. The Hall–Kier alpha value is -1.74. The fraction of sp³-hybridized carbons (Fsp3) is 0.375. The fourth-order valence-corrected chi connectivity index (χ4v) is 2.20. The maximum Gasteiger partial charge on any atom is 0.125 e. The van der Waals surface area contributed by atoms with Crippen LogP contribution in [0.25, 0.3) is 0 Å². The Morgan fingerprint density at radius 3 is 2.68 bits per heavy atom.